The van der Waals surface area contributed by atoms with Crippen molar-refractivity contribution in [3.8, 4) is 0 Å². The highest BCUT2D eigenvalue weighted by molar-refractivity contribution is 7.13. The van der Waals surface area contributed by atoms with E-state index in [9.17, 15) is 18.0 Å². The number of carbonyl (C=O) groups is 1. The summed E-state index contributed by atoms with van der Waals surface area (Å²) in [5.74, 6) is -0.776. The Morgan fingerprint density at radius 3 is 2.38 bits per heavy atom. The number of fused-ring (bicyclic) bond motifs is 1. The molecule has 0 amide bonds. The van der Waals surface area contributed by atoms with Gasteiger partial charge < -0.3 is 4.74 Å². The van der Waals surface area contributed by atoms with Gasteiger partial charge in [0.2, 0.25) is 0 Å². The molecule has 0 saturated carbocycles. The minimum atomic E-state index is -4.53. The standard InChI is InChI=1S/C14H14F3NO2S/c1-7-9-5-8(14(15,16)17)6-10(11(9)21-18-7)12(19)20-13(2,3)4/h5-6H,1-4H3. The van der Waals surface area contributed by atoms with Crippen molar-refractivity contribution in [3.63, 3.8) is 0 Å². The molecule has 1 aromatic heterocycles. The zero-order valence-corrected chi connectivity index (χ0v) is 12.8. The fraction of sp³-hybridized carbons (Fsp3) is 0.429. The van der Waals surface area contributed by atoms with Gasteiger partial charge in [-0.25, -0.2) is 4.79 Å². The third kappa shape index (κ3) is 3.34. The lowest BCUT2D eigenvalue weighted by atomic mass is 10.1. The van der Waals surface area contributed by atoms with Crippen LogP contribution in [0.4, 0.5) is 13.2 Å². The molecule has 0 radical (unpaired) electrons. The maximum absolute atomic E-state index is 13.0. The lowest BCUT2D eigenvalue weighted by Crippen LogP contribution is -2.24. The van der Waals surface area contributed by atoms with E-state index in [0.29, 0.717) is 15.8 Å². The molecule has 0 bridgehead atoms. The summed E-state index contributed by atoms with van der Waals surface area (Å²) >= 11 is 0.996. The van der Waals surface area contributed by atoms with Crippen LogP contribution in [0, 0.1) is 6.92 Å². The van der Waals surface area contributed by atoms with Gasteiger partial charge in [0.1, 0.15) is 5.60 Å². The first kappa shape index (κ1) is 15.8. The second kappa shape index (κ2) is 4.98. The minimum absolute atomic E-state index is 0.0969. The van der Waals surface area contributed by atoms with E-state index in [-0.39, 0.29) is 5.56 Å². The zero-order valence-electron chi connectivity index (χ0n) is 12.0. The van der Waals surface area contributed by atoms with E-state index in [1.807, 2.05) is 0 Å². The molecule has 0 saturated heterocycles. The molecule has 0 aliphatic heterocycles. The van der Waals surface area contributed by atoms with E-state index >= 15 is 0 Å². The quantitative estimate of drug-likeness (QED) is 0.723. The molecule has 1 aromatic carbocycles. The smallest absolute Gasteiger partial charge is 0.416 e. The maximum Gasteiger partial charge on any atom is 0.416 e. The number of aromatic nitrogens is 1. The molecule has 1 heterocycles. The number of carbonyl (C=O) groups excluding carboxylic acids is 1. The number of benzene rings is 1. The highest BCUT2D eigenvalue weighted by Gasteiger charge is 2.33. The average Bonchev–Trinajstić information content (AvgIpc) is 2.67. The second-order valence-corrected chi connectivity index (χ2v) is 6.44. The summed E-state index contributed by atoms with van der Waals surface area (Å²) in [5.41, 5.74) is -1.29. The first-order valence-electron chi connectivity index (χ1n) is 6.19. The van der Waals surface area contributed by atoms with Gasteiger partial charge in [0, 0.05) is 5.39 Å². The SMILES string of the molecule is Cc1nsc2c(C(=O)OC(C)(C)C)cc(C(F)(F)F)cc12. The molecular weight excluding hydrogens is 303 g/mol. The number of hydrogen-bond acceptors (Lipinski definition) is 4. The molecule has 0 aliphatic rings. The van der Waals surface area contributed by atoms with Crippen molar-refractivity contribution in [2.24, 2.45) is 0 Å². The summed E-state index contributed by atoms with van der Waals surface area (Å²) in [5, 5.41) is 0.329. The molecule has 21 heavy (non-hydrogen) atoms. The number of alkyl halides is 3. The van der Waals surface area contributed by atoms with E-state index in [2.05, 4.69) is 4.37 Å². The Bertz CT molecular complexity index is 699. The molecule has 0 fully saturated rings. The van der Waals surface area contributed by atoms with Crippen molar-refractivity contribution in [2.45, 2.75) is 39.5 Å². The van der Waals surface area contributed by atoms with Crippen LogP contribution in [-0.2, 0) is 10.9 Å². The van der Waals surface area contributed by atoms with Crippen molar-refractivity contribution < 1.29 is 22.7 Å². The van der Waals surface area contributed by atoms with Gasteiger partial charge in [0.25, 0.3) is 0 Å². The highest BCUT2D eigenvalue weighted by atomic mass is 32.1. The fourth-order valence-electron chi connectivity index (χ4n) is 1.81. The molecule has 114 valence electrons. The van der Waals surface area contributed by atoms with Crippen LogP contribution in [0.25, 0.3) is 10.1 Å². The molecule has 2 aromatic rings. The van der Waals surface area contributed by atoms with Crippen LogP contribution in [0.5, 0.6) is 0 Å². The van der Waals surface area contributed by atoms with Crippen molar-refractivity contribution in [1.29, 1.82) is 0 Å². The molecule has 7 heteroatoms. The molecule has 0 spiro atoms. The minimum Gasteiger partial charge on any atom is -0.456 e. The number of ether oxygens (including phenoxy) is 1. The molecule has 0 unspecified atom stereocenters. The van der Waals surface area contributed by atoms with Crippen LogP contribution in [0.15, 0.2) is 12.1 Å². The molecular formula is C14H14F3NO2S. The summed E-state index contributed by atoms with van der Waals surface area (Å²) < 4.78 is 48.5. The third-order valence-corrected chi connectivity index (χ3v) is 3.69. The van der Waals surface area contributed by atoms with Crippen LogP contribution >= 0.6 is 11.5 Å². The largest absolute Gasteiger partial charge is 0.456 e. The van der Waals surface area contributed by atoms with Gasteiger partial charge in [-0.05, 0) is 51.4 Å². The lowest BCUT2D eigenvalue weighted by molar-refractivity contribution is -0.137. The summed E-state index contributed by atoms with van der Waals surface area (Å²) in [6, 6.07) is 1.84. The van der Waals surface area contributed by atoms with Gasteiger partial charge in [-0.2, -0.15) is 17.5 Å². The topological polar surface area (TPSA) is 39.2 Å². The Labute approximate surface area is 123 Å². The van der Waals surface area contributed by atoms with E-state index in [4.69, 9.17) is 4.74 Å². The molecule has 0 aliphatic carbocycles. The van der Waals surface area contributed by atoms with E-state index in [0.717, 1.165) is 23.7 Å². The highest BCUT2D eigenvalue weighted by Crippen LogP contribution is 2.36. The first-order valence-corrected chi connectivity index (χ1v) is 6.97. The van der Waals surface area contributed by atoms with Crippen LogP contribution in [0.3, 0.4) is 0 Å². The van der Waals surface area contributed by atoms with Crippen molar-refractivity contribution in [1.82, 2.24) is 4.37 Å². The predicted molar refractivity (Wildman–Crippen MR) is 74.5 cm³/mol. The van der Waals surface area contributed by atoms with E-state index < -0.39 is 23.3 Å². The molecule has 0 atom stereocenters. The Morgan fingerprint density at radius 2 is 1.86 bits per heavy atom. The van der Waals surface area contributed by atoms with Crippen LogP contribution in [-0.4, -0.2) is 15.9 Å². The average molecular weight is 317 g/mol. The Balaban J connectivity index is 2.64. The number of hydrogen-bond donors (Lipinski definition) is 0. The van der Waals surface area contributed by atoms with Crippen molar-refractivity contribution >= 4 is 27.6 Å². The van der Waals surface area contributed by atoms with Gasteiger partial charge in [0.05, 0.1) is 21.5 Å². The maximum atomic E-state index is 13.0. The normalized spacial score (nSPS) is 12.7. The number of nitrogens with zero attached hydrogens (tertiary/aromatic N) is 1. The summed E-state index contributed by atoms with van der Waals surface area (Å²) in [7, 11) is 0. The Hall–Kier alpha value is -1.63. The van der Waals surface area contributed by atoms with Crippen molar-refractivity contribution in [3.05, 3.63) is 29.0 Å². The molecule has 0 N–H and O–H groups in total. The van der Waals surface area contributed by atoms with Gasteiger partial charge in [-0.1, -0.05) is 0 Å². The number of aryl methyl sites for hydroxylation is 1. The number of esters is 1. The van der Waals surface area contributed by atoms with Crippen LogP contribution < -0.4 is 0 Å². The van der Waals surface area contributed by atoms with Crippen LogP contribution in [0.1, 0.15) is 42.4 Å². The Morgan fingerprint density at radius 1 is 1.24 bits per heavy atom. The first-order chi connectivity index (χ1) is 9.49. The van der Waals surface area contributed by atoms with E-state index in [1.165, 1.54) is 0 Å². The van der Waals surface area contributed by atoms with Crippen LogP contribution in [0.2, 0.25) is 0 Å². The lowest BCUT2D eigenvalue weighted by Gasteiger charge is -2.20. The second-order valence-electron chi connectivity index (χ2n) is 5.67. The number of halogens is 3. The van der Waals surface area contributed by atoms with E-state index in [1.54, 1.807) is 27.7 Å². The zero-order chi connectivity index (χ0) is 16.0. The number of rotatable bonds is 1. The predicted octanol–water partition coefficient (Wildman–Crippen LogP) is 4.58. The summed E-state index contributed by atoms with van der Waals surface area (Å²) in [4.78, 5) is 12.2. The van der Waals surface area contributed by atoms with Gasteiger partial charge in [-0.3, -0.25) is 0 Å². The summed E-state index contributed by atoms with van der Waals surface area (Å²) in [6.45, 7) is 6.59. The summed E-state index contributed by atoms with van der Waals surface area (Å²) in [6.07, 6.45) is -4.53. The third-order valence-electron chi connectivity index (χ3n) is 2.70. The molecule has 2 rings (SSSR count). The van der Waals surface area contributed by atoms with Gasteiger partial charge in [0.15, 0.2) is 0 Å². The van der Waals surface area contributed by atoms with Crippen molar-refractivity contribution in [2.75, 3.05) is 0 Å². The monoisotopic (exact) mass is 317 g/mol. The Kier molecular flexibility index (Phi) is 3.73. The fourth-order valence-corrected chi connectivity index (χ4v) is 2.68. The van der Waals surface area contributed by atoms with Gasteiger partial charge in [-0.15, -0.1) is 0 Å². The molecule has 3 nitrogen and oxygen atoms in total. The van der Waals surface area contributed by atoms with Gasteiger partial charge >= 0.3 is 12.1 Å².